The predicted octanol–water partition coefficient (Wildman–Crippen LogP) is 5.99. The smallest absolute Gasteiger partial charge is 0.338 e. The summed E-state index contributed by atoms with van der Waals surface area (Å²) >= 11 is 0. The van der Waals surface area contributed by atoms with Crippen LogP contribution in [0.5, 0.6) is 0 Å². The van der Waals surface area contributed by atoms with Crippen molar-refractivity contribution in [2.24, 2.45) is 0 Å². The van der Waals surface area contributed by atoms with E-state index < -0.39 is 0 Å². The van der Waals surface area contributed by atoms with Crippen LogP contribution in [0.1, 0.15) is 29.6 Å². The van der Waals surface area contributed by atoms with Gasteiger partial charge in [-0.3, -0.25) is 0 Å². The molecule has 6 heteroatoms. The minimum atomic E-state index is -0.346. The van der Waals surface area contributed by atoms with Gasteiger partial charge in [0.2, 0.25) is 0 Å². The molecule has 2 aromatic heterocycles. The van der Waals surface area contributed by atoms with Crippen LogP contribution < -0.4 is 4.90 Å². The van der Waals surface area contributed by atoms with E-state index in [-0.39, 0.29) is 5.97 Å². The highest BCUT2D eigenvalue weighted by Gasteiger charge is 2.17. The van der Waals surface area contributed by atoms with Crippen LogP contribution in [-0.4, -0.2) is 40.8 Å². The Morgan fingerprint density at radius 2 is 1.60 bits per heavy atom. The average Bonchev–Trinajstić information content (AvgIpc) is 3.35. The molecule has 1 fully saturated rings. The van der Waals surface area contributed by atoms with Crippen LogP contribution in [0.3, 0.4) is 0 Å². The summed E-state index contributed by atoms with van der Waals surface area (Å²) in [6, 6.07) is 20.3. The number of hydrogen-bond donors (Lipinski definition) is 0. The fourth-order valence-electron chi connectivity index (χ4n) is 5.05. The fraction of sp³-hybridized carbons (Fsp3) is 0.207. The van der Waals surface area contributed by atoms with Gasteiger partial charge < -0.3 is 9.64 Å². The van der Waals surface area contributed by atoms with E-state index in [1.807, 2.05) is 59.5 Å². The molecule has 0 amide bonds. The van der Waals surface area contributed by atoms with Crippen molar-refractivity contribution >= 4 is 28.1 Å². The Kier molecular flexibility index (Phi) is 5.41. The van der Waals surface area contributed by atoms with Gasteiger partial charge in [0, 0.05) is 42.3 Å². The second-order valence-electron chi connectivity index (χ2n) is 8.96. The summed E-state index contributed by atoms with van der Waals surface area (Å²) in [6.07, 6.45) is 9.63. The largest absolute Gasteiger partial charge is 0.465 e. The minimum Gasteiger partial charge on any atom is -0.465 e. The van der Waals surface area contributed by atoms with Gasteiger partial charge in [0.25, 0.3) is 0 Å². The molecule has 0 N–H and O–H groups in total. The molecule has 6 nitrogen and oxygen atoms in total. The third-order valence-electron chi connectivity index (χ3n) is 6.90. The number of fused-ring (bicyclic) bond motifs is 2. The van der Waals surface area contributed by atoms with Crippen LogP contribution in [-0.2, 0) is 4.74 Å². The summed E-state index contributed by atoms with van der Waals surface area (Å²) in [5.41, 5.74) is 6.64. The number of ether oxygens (including phenoxy) is 1. The van der Waals surface area contributed by atoms with Crippen molar-refractivity contribution in [3.05, 3.63) is 84.8 Å². The van der Waals surface area contributed by atoms with Crippen molar-refractivity contribution in [3.63, 3.8) is 0 Å². The number of piperidine rings is 1. The molecule has 0 bridgehead atoms. The van der Waals surface area contributed by atoms with Crippen molar-refractivity contribution in [1.29, 1.82) is 0 Å². The van der Waals surface area contributed by atoms with Gasteiger partial charge in [-0.15, -0.1) is 0 Å². The summed E-state index contributed by atoms with van der Waals surface area (Å²) < 4.78 is 6.80. The van der Waals surface area contributed by atoms with Crippen LogP contribution in [0.2, 0.25) is 0 Å². The number of carbonyl (C=O) groups excluding carboxylic acids is 1. The van der Waals surface area contributed by atoms with Gasteiger partial charge in [-0.2, -0.15) is 5.10 Å². The normalized spacial score (nSPS) is 13.9. The van der Waals surface area contributed by atoms with Crippen molar-refractivity contribution in [1.82, 2.24) is 14.6 Å². The lowest BCUT2D eigenvalue weighted by Gasteiger charge is -2.28. The molecule has 0 spiro atoms. The second kappa shape index (κ2) is 8.87. The number of aromatic nitrogens is 3. The van der Waals surface area contributed by atoms with Crippen LogP contribution in [0, 0.1) is 0 Å². The maximum absolute atomic E-state index is 12.3. The predicted molar refractivity (Wildman–Crippen MR) is 139 cm³/mol. The highest BCUT2D eigenvalue weighted by Crippen LogP contribution is 2.34. The standard InChI is InChI=1S/C29H26N4O2/c1-35-29(34)26-14-13-25(23-7-3-4-8-24(23)26)27-18-31-33-19-21(17-30-28(27)33)20-9-11-22(12-10-20)32-15-5-2-6-16-32/h3-4,7-14,17-19H,2,5-6,15-16H2,1H3. The highest BCUT2D eigenvalue weighted by molar-refractivity contribution is 6.10. The SMILES string of the molecule is COC(=O)c1ccc(-c2cnn3cc(-c4ccc(N5CCCCC5)cc4)cnc23)c2ccccc12. The molecule has 0 atom stereocenters. The first-order chi connectivity index (χ1) is 17.2. The van der Waals surface area contributed by atoms with E-state index in [0.29, 0.717) is 5.56 Å². The van der Waals surface area contributed by atoms with E-state index in [0.717, 1.165) is 51.8 Å². The molecule has 0 aliphatic carbocycles. The molecule has 1 aliphatic rings. The van der Waals surface area contributed by atoms with Crippen LogP contribution in [0.25, 0.3) is 38.7 Å². The number of carbonyl (C=O) groups is 1. The number of rotatable bonds is 4. The molecule has 1 aliphatic heterocycles. The lowest BCUT2D eigenvalue weighted by molar-refractivity contribution is 0.0603. The Hall–Kier alpha value is -4.19. The summed E-state index contributed by atoms with van der Waals surface area (Å²) in [6.45, 7) is 2.27. The molecule has 5 aromatic rings. The maximum atomic E-state index is 12.3. The van der Waals surface area contributed by atoms with Gasteiger partial charge in [0.15, 0.2) is 5.65 Å². The van der Waals surface area contributed by atoms with Crippen molar-refractivity contribution in [3.8, 4) is 22.3 Å². The van der Waals surface area contributed by atoms with Gasteiger partial charge in [0.1, 0.15) is 0 Å². The molecule has 3 aromatic carbocycles. The molecule has 3 heterocycles. The number of esters is 1. The van der Waals surface area contributed by atoms with E-state index in [1.165, 1.54) is 32.1 Å². The van der Waals surface area contributed by atoms with Gasteiger partial charge in [-0.1, -0.05) is 42.5 Å². The maximum Gasteiger partial charge on any atom is 0.338 e. The molecule has 0 unspecified atom stereocenters. The quantitative estimate of drug-likeness (QED) is 0.307. The summed E-state index contributed by atoms with van der Waals surface area (Å²) in [5.74, 6) is -0.346. The third kappa shape index (κ3) is 3.81. The topological polar surface area (TPSA) is 59.7 Å². The van der Waals surface area contributed by atoms with Crippen molar-refractivity contribution < 1.29 is 9.53 Å². The zero-order chi connectivity index (χ0) is 23.8. The van der Waals surface area contributed by atoms with Crippen molar-refractivity contribution in [2.75, 3.05) is 25.1 Å². The van der Waals surface area contributed by atoms with Crippen LogP contribution >= 0.6 is 0 Å². The highest BCUT2D eigenvalue weighted by atomic mass is 16.5. The number of methoxy groups -OCH3 is 1. The van der Waals surface area contributed by atoms with Gasteiger partial charge >= 0.3 is 5.97 Å². The Balaban J connectivity index is 1.37. The zero-order valence-electron chi connectivity index (χ0n) is 19.6. The Bertz CT molecular complexity index is 1530. The van der Waals surface area contributed by atoms with Crippen molar-refractivity contribution in [2.45, 2.75) is 19.3 Å². The fourth-order valence-corrected chi connectivity index (χ4v) is 5.05. The molecule has 0 saturated carbocycles. The average molecular weight is 463 g/mol. The van der Waals surface area contributed by atoms with Gasteiger partial charge in [0.05, 0.1) is 18.9 Å². The van der Waals surface area contributed by atoms with E-state index >= 15 is 0 Å². The molecule has 1 saturated heterocycles. The molecular formula is C29H26N4O2. The van der Waals surface area contributed by atoms with E-state index in [9.17, 15) is 4.79 Å². The first kappa shape index (κ1) is 21.4. The number of hydrogen-bond acceptors (Lipinski definition) is 5. The van der Waals surface area contributed by atoms with E-state index in [1.54, 1.807) is 0 Å². The lowest BCUT2D eigenvalue weighted by Crippen LogP contribution is -2.29. The Morgan fingerprint density at radius 3 is 2.37 bits per heavy atom. The lowest BCUT2D eigenvalue weighted by atomic mass is 9.96. The first-order valence-corrected chi connectivity index (χ1v) is 12.0. The monoisotopic (exact) mass is 462 g/mol. The molecule has 6 rings (SSSR count). The minimum absolute atomic E-state index is 0.346. The number of anilines is 1. The zero-order valence-corrected chi connectivity index (χ0v) is 19.6. The summed E-state index contributed by atoms with van der Waals surface area (Å²) in [5, 5.41) is 6.42. The Labute approximate surface area is 203 Å². The molecular weight excluding hydrogens is 436 g/mol. The Morgan fingerprint density at radius 1 is 0.829 bits per heavy atom. The van der Waals surface area contributed by atoms with Crippen LogP contribution in [0.4, 0.5) is 5.69 Å². The second-order valence-corrected chi connectivity index (χ2v) is 8.96. The molecule has 0 radical (unpaired) electrons. The summed E-state index contributed by atoms with van der Waals surface area (Å²) in [4.78, 5) is 19.5. The summed E-state index contributed by atoms with van der Waals surface area (Å²) in [7, 11) is 1.40. The number of benzene rings is 3. The van der Waals surface area contributed by atoms with E-state index in [4.69, 9.17) is 9.72 Å². The third-order valence-corrected chi connectivity index (χ3v) is 6.90. The van der Waals surface area contributed by atoms with Gasteiger partial charge in [-0.25, -0.2) is 14.3 Å². The molecule has 35 heavy (non-hydrogen) atoms. The van der Waals surface area contributed by atoms with Gasteiger partial charge in [-0.05, 0) is 59.4 Å². The van der Waals surface area contributed by atoms with Crippen LogP contribution in [0.15, 0.2) is 79.3 Å². The van der Waals surface area contributed by atoms with E-state index in [2.05, 4.69) is 34.3 Å². The molecule has 174 valence electrons. The first-order valence-electron chi connectivity index (χ1n) is 12.0. The number of nitrogens with zero attached hydrogens (tertiary/aromatic N) is 4.